The van der Waals surface area contributed by atoms with Gasteiger partial charge in [0.05, 0.1) is 25.6 Å². The lowest BCUT2D eigenvalue weighted by Crippen LogP contribution is -2.40. The van der Waals surface area contributed by atoms with E-state index in [-0.39, 0.29) is 31.6 Å². The number of hydrogen-bond donors (Lipinski definition) is 3. The van der Waals surface area contributed by atoms with Gasteiger partial charge < -0.3 is 14.8 Å². The molecule has 2 aromatic heterocycles. The smallest absolute Gasteiger partial charge is 0.382 e. The Morgan fingerprint density at radius 1 is 1.05 bits per heavy atom. The monoisotopic (exact) mass is 563 g/mol. The van der Waals surface area contributed by atoms with Gasteiger partial charge in [-0.1, -0.05) is 72.8 Å². The number of nitrogen functional groups attached to an aromatic ring is 1. The Bertz CT molecular complexity index is 1520. The van der Waals surface area contributed by atoms with Gasteiger partial charge in [-0.05, 0) is 17.5 Å². The molecule has 4 aromatic rings. The first-order valence-electron chi connectivity index (χ1n) is 12.7. The number of carbonyl (C=O) groups is 1. The second-order valence-electron chi connectivity index (χ2n) is 9.41. The molecule has 5 N–H and O–H groups in total. The molecule has 0 radical (unpaired) electrons. The molecule has 1 aliphatic carbocycles. The van der Waals surface area contributed by atoms with Crippen molar-refractivity contribution >= 4 is 30.7 Å². The number of anilines is 1. The highest BCUT2D eigenvalue weighted by Gasteiger charge is 2.32. The lowest BCUT2D eigenvalue weighted by molar-refractivity contribution is -0.142. The molecule has 1 aliphatic rings. The van der Waals surface area contributed by atoms with Crippen LogP contribution in [0.4, 0.5) is 5.82 Å². The summed E-state index contributed by atoms with van der Waals surface area (Å²) >= 11 is 0. The van der Waals surface area contributed by atoms with E-state index in [1.807, 2.05) is 77.4 Å². The molecule has 2 heterocycles. The first-order chi connectivity index (χ1) is 19.4. The third-order valence-electron chi connectivity index (χ3n) is 6.45. The number of nitrogens with two attached hydrogens (primary N) is 2. The molecule has 0 saturated heterocycles. The van der Waals surface area contributed by atoms with Crippen molar-refractivity contribution in [3.63, 3.8) is 0 Å². The third-order valence-corrected chi connectivity index (χ3v) is 7.40. The molecule has 5 rings (SSSR count). The van der Waals surface area contributed by atoms with Crippen LogP contribution in [-0.4, -0.2) is 38.1 Å². The van der Waals surface area contributed by atoms with Crippen LogP contribution >= 0.6 is 7.75 Å². The summed E-state index contributed by atoms with van der Waals surface area (Å²) in [6.45, 7) is 0.218. The van der Waals surface area contributed by atoms with E-state index >= 15 is 0 Å². The molecule has 1 unspecified atom stereocenters. The predicted molar refractivity (Wildman–Crippen MR) is 148 cm³/mol. The number of allylic oxidation sites excluding steroid dienone is 1. The largest absolute Gasteiger partial charge is 0.458 e. The Kier molecular flexibility index (Phi) is 8.63. The number of nitrogens with one attached hydrogen (secondary N) is 1. The molecular weight excluding hydrogens is 533 g/mol. The zero-order valence-electron chi connectivity index (χ0n) is 21.6. The average Bonchev–Trinajstić information content (AvgIpc) is 3.60. The van der Waals surface area contributed by atoms with Gasteiger partial charge >= 0.3 is 13.7 Å². The van der Waals surface area contributed by atoms with E-state index in [0.717, 1.165) is 11.1 Å². The molecule has 12 nitrogen and oxygen atoms in total. The topological polar surface area (TPSA) is 169 Å². The molecule has 0 amide bonds. The molecule has 2 aromatic carbocycles. The fourth-order valence-electron chi connectivity index (χ4n) is 4.43. The van der Waals surface area contributed by atoms with Gasteiger partial charge in [-0.3, -0.25) is 9.36 Å². The van der Waals surface area contributed by atoms with Crippen LogP contribution in [0.2, 0.25) is 0 Å². The number of carbonyl (C=O) groups excluding carboxylic acids is 1. The molecule has 0 saturated carbocycles. The fourth-order valence-corrected chi connectivity index (χ4v) is 5.26. The zero-order valence-corrected chi connectivity index (χ0v) is 22.5. The third kappa shape index (κ3) is 6.98. The first kappa shape index (κ1) is 27.6. The van der Waals surface area contributed by atoms with Crippen molar-refractivity contribution in [2.45, 2.75) is 31.5 Å². The highest BCUT2D eigenvalue weighted by molar-refractivity contribution is 7.51. The molecule has 208 valence electrons. The molecule has 4 atom stereocenters. The summed E-state index contributed by atoms with van der Waals surface area (Å²) in [7, 11) is -4.21. The van der Waals surface area contributed by atoms with Gasteiger partial charge in [-0.25, -0.2) is 29.8 Å². The number of nitrogens with zero attached hydrogens (tertiary/aromatic N) is 4. The number of rotatable bonds is 12. The van der Waals surface area contributed by atoms with Crippen molar-refractivity contribution in [3.05, 3.63) is 96.6 Å². The van der Waals surface area contributed by atoms with Crippen molar-refractivity contribution in [3.8, 4) is 0 Å². The van der Waals surface area contributed by atoms with Gasteiger partial charge in [0.25, 0.3) is 0 Å². The van der Waals surface area contributed by atoms with Gasteiger partial charge in [-0.15, -0.1) is 0 Å². The van der Waals surface area contributed by atoms with Crippen LogP contribution in [-0.2, 0) is 36.3 Å². The van der Waals surface area contributed by atoms with Gasteiger partial charge in [0.1, 0.15) is 17.9 Å². The second kappa shape index (κ2) is 12.5. The Balaban J connectivity index is 1.16. The summed E-state index contributed by atoms with van der Waals surface area (Å²) in [6.07, 6.45) is 7.80. The number of imidazole rings is 1. The summed E-state index contributed by atoms with van der Waals surface area (Å²) in [6, 6.07) is 17.8. The predicted octanol–water partition coefficient (Wildman–Crippen LogP) is 3.49. The minimum Gasteiger partial charge on any atom is -0.382 e. The van der Waals surface area contributed by atoms with Crippen LogP contribution in [0, 0.1) is 5.92 Å². The van der Waals surface area contributed by atoms with E-state index in [0.29, 0.717) is 23.4 Å². The molecule has 0 aliphatic heterocycles. The minimum absolute atomic E-state index is 0.000895. The summed E-state index contributed by atoms with van der Waals surface area (Å²) in [5, 5.41) is 0. The minimum atomic E-state index is -4.21. The van der Waals surface area contributed by atoms with E-state index in [1.165, 1.54) is 6.33 Å². The zero-order chi connectivity index (χ0) is 28.0. The Labute approximate surface area is 230 Å². The van der Waals surface area contributed by atoms with Crippen LogP contribution < -0.4 is 16.7 Å². The molecule has 13 heteroatoms. The maximum atomic E-state index is 13.0. The number of hydroxylamine groups is 1. The molecule has 40 heavy (non-hydrogen) atoms. The van der Waals surface area contributed by atoms with Crippen LogP contribution in [0.5, 0.6) is 0 Å². The highest BCUT2D eigenvalue weighted by Crippen LogP contribution is 2.42. The molecule has 0 spiro atoms. The van der Waals surface area contributed by atoms with E-state index in [1.54, 1.807) is 6.33 Å². The molecule has 0 bridgehead atoms. The van der Waals surface area contributed by atoms with Crippen molar-refractivity contribution in [2.75, 3.05) is 12.3 Å². The van der Waals surface area contributed by atoms with Crippen LogP contribution in [0.3, 0.4) is 0 Å². The van der Waals surface area contributed by atoms with E-state index in [9.17, 15) is 9.36 Å². The van der Waals surface area contributed by atoms with Gasteiger partial charge in [0.15, 0.2) is 11.5 Å². The van der Waals surface area contributed by atoms with Gasteiger partial charge in [0.2, 0.25) is 0 Å². The average molecular weight is 564 g/mol. The first-order valence-corrected chi connectivity index (χ1v) is 14.3. The van der Waals surface area contributed by atoms with Crippen molar-refractivity contribution in [2.24, 2.45) is 11.4 Å². The van der Waals surface area contributed by atoms with Crippen molar-refractivity contribution in [1.29, 1.82) is 0 Å². The van der Waals surface area contributed by atoms with E-state index in [2.05, 4.69) is 20.4 Å². The number of fused-ring (bicyclic) bond motifs is 1. The maximum Gasteiger partial charge on any atom is 0.458 e. The standard InChI is InChI=1S/C27H30N7O5P/c28-25-24-26(31-17-30-25)34(18-32-24)22-12-11-21(13-22)16-38-40(29,36)39-27(35)23(14-19-7-3-1-4-8-19)33-37-15-20-9-5-2-6-10-20/h1-12,17-18,21-23,33H,13-16H2,(H2,29,36)(H2,28,30,31)/t21-,22+,23-,40?/m0/s1. The lowest BCUT2D eigenvalue weighted by atomic mass is 10.1. The maximum absolute atomic E-state index is 13.0. The molecular formula is C27H30N7O5P. The summed E-state index contributed by atoms with van der Waals surface area (Å²) in [4.78, 5) is 31.1. The number of benzene rings is 2. The highest BCUT2D eigenvalue weighted by atomic mass is 31.2. The van der Waals surface area contributed by atoms with Crippen LogP contribution in [0.15, 0.2) is 85.5 Å². The van der Waals surface area contributed by atoms with Crippen molar-refractivity contribution < 1.29 is 23.2 Å². The Morgan fingerprint density at radius 3 is 2.52 bits per heavy atom. The van der Waals surface area contributed by atoms with Crippen molar-refractivity contribution in [1.82, 2.24) is 25.0 Å². The second-order valence-corrected chi connectivity index (χ2v) is 10.9. The summed E-state index contributed by atoms with van der Waals surface area (Å²) < 4.78 is 25.4. The SMILES string of the molecule is Nc1ncnc2c1ncn2[C@@H]1C=C[C@H](COP(N)(=O)OC(=O)[C@H](Cc2ccccc2)NOCc2ccccc2)C1. The summed E-state index contributed by atoms with van der Waals surface area (Å²) in [5.41, 5.74) is 17.4. The number of aromatic nitrogens is 4. The van der Waals surface area contributed by atoms with Crippen LogP contribution in [0.1, 0.15) is 23.6 Å². The fraction of sp³-hybridized carbons (Fsp3) is 0.259. The Hall–Kier alpha value is -3.93. The number of hydrogen-bond acceptors (Lipinski definition) is 10. The van der Waals surface area contributed by atoms with E-state index < -0.39 is 19.8 Å². The summed E-state index contributed by atoms with van der Waals surface area (Å²) in [5.74, 6) is -0.656. The molecule has 0 fully saturated rings. The Morgan fingerprint density at radius 2 is 1.77 bits per heavy atom. The van der Waals surface area contributed by atoms with E-state index in [4.69, 9.17) is 25.1 Å². The lowest BCUT2D eigenvalue weighted by Gasteiger charge is -2.21. The quantitative estimate of drug-likeness (QED) is 0.131. The van der Waals surface area contributed by atoms with Crippen LogP contribution in [0.25, 0.3) is 11.2 Å². The van der Waals surface area contributed by atoms with Gasteiger partial charge in [0, 0.05) is 12.3 Å². The normalized spacial score (nSPS) is 18.9. The van der Waals surface area contributed by atoms with Gasteiger partial charge in [-0.2, -0.15) is 5.48 Å².